The topological polar surface area (TPSA) is 21.6 Å². The molecule has 3 rings (SSSR count). The van der Waals surface area contributed by atoms with E-state index < -0.39 is 0 Å². The molecule has 0 N–H and O–H groups in total. The van der Waals surface area contributed by atoms with Gasteiger partial charge in [-0.2, -0.15) is 0 Å². The highest BCUT2D eigenvalue weighted by Crippen LogP contribution is 2.35. The molecule has 3 heteroatoms. The Labute approximate surface area is 80.3 Å². The Hall–Kier alpha value is -1.22. The van der Waals surface area contributed by atoms with Gasteiger partial charge in [0.25, 0.3) is 0 Å². The number of para-hydroxylation sites is 1. The Balaban J connectivity index is 2.22. The number of hydrogen-bond donors (Lipinski definition) is 0. The number of ether oxygens (including phenoxy) is 1. The molecule has 64 valence electrons. The van der Waals surface area contributed by atoms with Crippen LogP contribution in [0.25, 0.3) is 0 Å². The maximum Gasteiger partial charge on any atom is 0.135 e. The summed E-state index contributed by atoms with van der Waals surface area (Å²) in [5.41, 5.74) is 2.21. The molecule has 1 aromatic carbocycles. The van der Waals surface area contributed by atoms with Crippen molar-refractivity contribution in [3.63, 3.8) is 0 Å². The van der Waals surface area contributed by atoms with E-state index in [1.807, 2.05) is 24.3 Å². The number of fused-ring (bicyclic) bond motifs is 3. The molecule has 0 unspecified atom stereocenters. The molecule has 0 amide bonds. The second-order valence-corrected chi connectivity index (χ2v) is 3.86. The monoisotopic (exact) mass is 189 g/mol. The third kappa shape index (κ3) is 1.00. The number of allylic oxidation sites excluding steroid dienone is 1. The van der Waals surface area contributed by atoms with Crippen LogP contribution in [-0.4, -0.2) is 11.6 Å². The zero-order valence-electron chi connectivity index (χ0n) is 6.86. The number of benzene rings is 1. The number of rotatable bonds is 0. The lowest BCUT2D eigenvalue weighted by atomic mass is 10.1. The smallest absolute Gasteiger partial charge is 0.135 e. The molecule has 0 radical (unpaired) electrons. The molecular formula is C10H7NOS. The molecule has 2 aliphatic rings. The highest BCUT2D eigenvalue weighted by Gasteiger charge is 2.23. The van der Waals surface area contributed by atoms with Gasteiger partial charge in [-0.3, -0.25) is 4.99 Å². The Morgan fingerprint density at radius 2 is 2.23 bits per heavy atom. The summed E-state index contributed by atoms with van der Waals surface area (Å²) >= 11 is 1.72. The number of aliphatic imine (C=N–C) groups is 1. The van der Waals surface area contributed by atoms with Gasteiger partial charge in [-0.25, -0.2) is 0 Å². The molecule has 0 saturated heterocycles. The molecule has 2 nitrogen and oxygen atoms in total. The van der Waals surface area contributed by atoms with Crippen molar-refractivity contribution < 1.29 is 4.74 Å². The Bertz CT molecular complexity index is 423. The first-order chi connectivity index (χ1) is 6.45. The van der Waals surface area contributed by atoms with Crippen molar-refractivity contribution in [2.24, 2.45) is 4.99 Å². The minimum atomic E-state index is 0.818. The second-order valence-electron chi connectivity index (χ2n) is 2.88. The summed E-state index contributed by atoms with van der Waals surface area (Å²) in [7, 11) is 0. The van der Waals surface area contributed by atoms with Crippen molar-refractivity contribution in [2.45, 2.75) is 0 Å². The molecular weight excluding hydrogens is 182 g/mol. The van der Waals surface area contributed by atoms with Gasteiger partial charge in [-0.15, -0.1) is 0 Å². The van der Waals surface area contributed by atoms with Gasteiger partial charge >= 0.3 is 0 Å². The van der Waals surface area contributed by atoms with Crippen LogP contribution in [0.15, 0.2) is 40.4 Å². The van der Waals surface area contributed by atoms with Crippen molar-refractivity contribution >= 4 is 17.5 Å². The SMILES string of the molecule is C1=C2SCN=C2c2ccccc2O1. The van der Waals surface area contributed by atoms with E-state index in [1.165, 1.54) is 0 Å². The third-order valence-electron chi connectivity index (χ3n) is 2.11. The molecule has 0 bridgehead atoms. The molecule has 0 aliphatic carbocycles. The average molecular weight is 189 g/mol. The fourth-order valence-corrected chi connectivity index (χ4v) is 2.26. The van der Waals surface area contributed by atoms with Crippen LogP contribution in [0.2, 0.25) is 0 Å². The molecule has 13 heavy (non-hydrogen) atoms. The summed E-state index contributed by atoms with van der Waals surface area (Å²) in [4.78, 5) is 5.58. The fourth-order valence-electron chi connectivity index (χ4n) is 1.50. The summed E-state index contributed by atoms with van der Waals surface area (Å²) < 4.78 is 5.47. The van der Waals surface area contributed by atoms with Crippen LogP contribution >= 0.6 is 11.8 Å². The van der Waals surface area contributed by atoms with Crippen LogP contribution in [0.1, 0.15) is 5.56 Å². The lowest BCUT2D eigenvalue weighted by molar-refractivity contribution is 0.476. The van der Waals surface area contributed by atoms with Gasteiger partial charge < -0.3 is 4.74 Å². The highest BCUT2D eigenvalue weighted by atomic mass is 32.2. The zero-order chi connectivity index (χ0) is 8.67. The highest BCUT2D eigenvalue weighted by molar-refractivity contribution is 8.04. The first kappa shape index (κ1) is 7.21. The van der Waals surface area contributed by atoms with Gasteiger partial charge in [0.15, 0.2) is 0 Å². The average Bonchev–Trinajstić information content (AvgIpc) is 2.65. The summed E-state index contributed by atoms with van der Waals surface area (Å²) in [5, 5.41) is 0. The largest absolute Gasteiger partial charge is 0.463 e. The Morgan fingerprint density at radius 1 is 1.31 bits per heavy atom. The van der Waals surface area contributed by atoms with E-state index in [4.69, 9.17) is 4.74 Å². The molecule has 0 saturated carbocycles. The standard InChI is InChI=1S/C10H7NOS/c1-2-4-8-7(3-1)10-9(5-12-8)13-6-11-10/h1-5H,6H2. The van der Waals surface area contributed by atoms with Crippen molar-refractivity contribution in [1.29, 1.82) is 0 Å². The van der Waals surface area contributed by atoms with Gasteiger partial charge in [0.2, 0.25) is 0 Å². The molecule has 0 spiro atoms. The van der Waals surface area contributed by atoms with Gasteiger partial charge in [-0.1, -0.05) is 23.9 Å². The molecule has 0 atom stereocenters. The minimum Gasteiger partial charge on any atom is -0.463 e. The van der Waals surface area contributed by atoms with E-state index in [0.717, 1.165) is 27.8 Å². The molecule has 2 heterocycles. The van der Waals surface area contributed by atoms with E-state index in [1.54, 1.807) is 18.0 Å². The number of nitrogens with zero attached hydrogens (tertiary/aromatic N) is 1. The van der Waals surface area contributed by atoms with Crippen LogP contribution < -0.4 is 4.74 Å². The molecule has 1 aromatic rings. The van der Waals surface area contributed by atoms with E-state index >= 15 is 0 Å². The zero-order valence-corrected chi connectivity index (χ0v) is 7.67. The van der Waals surface area contributed by atoms with Crippen molar-refractivity contribution in [3.05, 3.63) is 41.0 Å². The first-order valence-electron chi connectivity index (χ1n) is 4.09. The minimum absolute atomic E-state index is 0.818. The first-order valence-corrected chi connectivity index (χ1v) is 5.07. The van der Waals surface area contributed by atoms with Crippen LogP contribution in [0.5, 0.6) is 5.75 Å². The van der Waals surface area contributed by atoms with Crippen LogP contribution in [0.3, 0.4) is 0 Å². The predicted octanol–water partition coefficient (Wildman–Crippen LogP) is 2.41. The Morgan fingerprint density at radius 3 is 3.23 bits per heavy atom. The van der Waals surface area contributed by atoms with Crippen molar-refractivity contribution in [3.8, 4) is 5.75 Å². The van der Waals surface area contributed by atoms with Gasteiger partial charge in [0, 0.05) is 5.56 Å². The molecule has 0 fully saturated rings. The lowest BCUT2D eigenvalue weighted by Crippen LogP contribution is -2.07. The van der Waals surface area contributed by atoms with Crippen molar-refractivity contribution in [2.75, 3.05) is 5.88 Å². The second kappa shape index (κ2) is 2.64. The summed E-state index contributed by atoms with van der Waals surface area (Å²) in [5.74, 6) is 1.73. The predicted molar refractivity (Wildman–Crippen MR) is 54.1 cm³/mol. The maximum atomic E-state index is 5.47. The molecule has 2 aliphatic heterocycles. The van der Waals surface area contributed by atoms with Gasteiger partial charge in [0.1, 0.15) is 12.0 Å². The van der Waals surface area contributed by atoms with Gasteiger partial charge in [-0.05, 0) is 12.1 Å². The van der Waals surface area contributed by atoms with E-state index in [9.17, 15) is 0 Å². The van der Waals surface area contributed by atoms with Crippen LogP contribution in [0, 0.1) is 0 Å². The van der Waals surface area contributed by atoms with Gasteiger partial charge in [0.05, 0.1) is 16.5 Å². The quantitative estimate of drug-likeness (QED) is 0.625. The maximum absolute atomic E-state index is 5.47. The normalized spacial score (nSPS) is 18.2. The summed E-state index contributed by atoms with van der Waals surface area (Å²) in [6, 6.07) is 8.00. The summed E-state index contributed by atoms with van der Waals surface area (Å²) in [6.07, 6.45) is 1.79. The van der Waals surface area contributed by atoms with E-state index in [2.05, 4.69) is 4.99 Å². The Kier molecular flexibility index (Phi) is 1.46. The fraction of sp³-hybridized carbons (Fsp3) is 0.100. The third-order valence-corrected chi connectivity index (χ3v) is 2.97. The lowest BCUT2D eigenvalue weighted by Gasteiger charge is -2.14. The van der Waals surface area contributed by atoms with E-state index in [0.29, 0.717) is 0 Å². The van der Waals surface area contributed by atoms with Crippen LogP contribution in [-0.2, 0) is 0 Å². The summed E-state index contributed by atoms with van der Waals surface area (Å²) in [6.45, 7) is 0. The van der Waals surface area contributed by atoms with Crippen LogP contribution in [0.4, 0.5) is 0 Å². The number of hydrogen-bond acceptors (Lipinski definition) is 3. The molecule has 0 aromatic heterocycles. The van der Waals surface area contributed by atoms with E-state index in [-0.39, 0.29) is 0 Å². The number of thioether (sulfide) groups is 1. The van der Waals surface area contributed by atoms with Crippen molar-refractivity contribution in [1.82, 2.24) is 0 Å².